The van der Waals surface area contributed by atoms with Gasteiger partial charge in [0.1, 0.15) is 12.7 Å². The molecule has 0 radical (unpaired) electrons. The minimum absolute atomic E-state index is 0.0984. The first-order valence-corrected chi connectivity index (χ1v) is 22.4. The Labute approximate surface area is 322 Å². The van der Waals surface area contributed by atoms with Gasteiger partial charge < -0.3 is 24.6 Å². The predicted molar refractivity (Wildman–Crippen MR) is 214 cm³/mol. The quantitative estimate of drug-likeness (QED) is 0.0238. The molecule has 0 aromatic rings. The molecular weight excluding hydrogens is 695 g/mol. The zero-order valence-corrected chi connectivity index (χ0v) is 34.4. The summed E-state index contributed by atoms with van der Waals surface area (Å²) in [5.41, 5.74) is 0. The van der Waals surface area contributed by atoms with Crippen LogP contribution in [0, 0.1) is 0 Å². The van der Waals surface area contributed by atoms with Crippen LogP contribution in [0.2, 0.25) is 0 Å². The third kappa shape index (κ3) is 38.3. The van der Waals surface area contributed by atoms with Gasteiger partial charge in [0.15, 0.2) is 6.10 Å². The average molecular weight is 773 g/mol. The first-order chi connectivity index (χ1) is 25.7. The van der Waals surface area contributed by atoms with Crippen LogP contribution in [0.5, 0.6) is 0 Å². The molecule has 0 bridgehead atoms. The van der Waals surface area contributed by atoms with Gasteiger partial charge in [0.25, 0.3) is 0 Å². The van der Waals surface area contributed by atoms with Crippen molar-refractivity contribution < 1.29 is 47.8 Å². The molecule has 3 N–H and O–H groups in total. The molecule has 0 rings (SSSR count). The number of carbonyl (C=O) groups excluding carboxylic acids is 2. The molecule has 0 spiro atoms. The lowest BCUT2D eigenvalue weighted by atomic mass is 10.1. The largest absolute Gasteiger partial charge is 0.472 e. The van der Waals surface area contributed by atoms with Gasteiger partial charge >= 0.3 is 19.8 Å². The van der Waals surface area contributed by atoms with Gasteiger partial charge in [0.2, 0.25) is 0 Å². The standard InChI is InChI=1S/C42H77O10P/c1-3-5-7-9-11-13-15-17-19-21-23-25-27-29-31-33-41(45)49-37-40(38-51-53(47,48)50-36-39(44)35-43)52-42(46)34-32-30-28-26-24-22-20-18-16-14-12-10-8-6-4-2/h11,13,17,19,28,30,39-40,43-44H,3-10,12,14-16,18,20-27,29,31-38H2,1-2H3,(H,47,48)/b13-11+,19-17+,30-28+/t39-,40+/m0/s1. The Morgan fingerprint density at radius 1 is 0.566 bits per heavy atom. The van der Waals surface area contributed by atoms with Crippen molar-refractivity contribution in [2.45, 2.75) is 193 Å². The Morgan fingerprint density at radius 2 is 1.02 bits per heavy atom. The number of unbranched alkanes of at least 4 members (excludes halogenated alkanes) is 19. The van der Waals surface area contributed by atoms with Gasteiger partial charge in [0, 0.05) is 12.8 Å². The second kappa shape index (κ2) is 38.5. The summed E-state index contributed by atoms with van der Waals surface area (Å²) < 4.78 is 32.6. The van der Waals surface area contributed by atoms with E-state index in [1.54, 1.807) is 0 Å². The van der Waals surface area contributed by atoms with Gasteiger partial charge in [-0.1, -0.05) is 147 Å². The van der Waals surface area contributed by atoms with Crippen molar-refractivity contribution in [3.8, 4) is 0 Å². The Kier molecular flexibility index (Phi) is 37.2. The first-order valence-electron chi connectivity index (χ1n) is 20.9. The number of rotatable bonds is 39. The number of allylic oxidation sites excluding steroid dienone is 6. The third-order valence-corrected chi connectivity index (χ3v) is 9.73. The van der Waals surface area contributed by atoms with Crippen molar-refractivity contribution in [1.29, 1.82) is 0 Å². The molecule has 53 heavy (non-hydrogen) atoms. The Hall–Kier alpha value is -1.81. The maximum Gasteiger partial charge on any atom is 0.472 e. The van der Waals surface area contributed by atoms with Crippen LogP contribution in [0.3, 0.4) is 0 Å². The molecule has 310 valence electrons. The zero-order valence-electron chi connectivity index (χ0n) is 33.5. The molecule has 0 aromatic carbocycles. The van der Waals surface area contributed by atoms with Crippen LogP contribution >= 0.6 is 7.82 Å². The fourth-order valence-corrected chi connectivity index (χ4v) is 6.30. The second-order valence-corrected chi connectivity index (χ2v) is 15.5. The van der Waals surface area contributed by atoms with E-state index in [0.29, 0.717) is 12.8 Å². The molecule has 0 saturated carbocycles. The van der Waals surface area contributed by atoms with Gasteiger partial charge in [-0.2, -0.15) is 0 Å². The molecule has 3 atom stereocenters. The van der Waals surface area contributed by atoms with Crippen LogP contribution in [0.4, 0.5) is 0 Å². The van der Waals surface area contributed by atoms with E-state index in [9.17, 15) is 24.2 Å². The minimum atomic E-state index is -4.63. The maximum absolute atomic E-state index is 12.6. The number of phosphoric ester groups is 1. The topological polar surface area (TPSA) is 149 Å². The van der Waals surface area contributed by atoms with Crippen LogP contribution in [0.25, 0.3) is 0 Å². The third-order valence-electron chi connectivity index (χ3n) is 8.78. The molecule has 0 heterocycles. The van der Waals surface area contributed by atoms with Crippen LogP contribution in [0.1, 0.15) is 181 Å². The number of hydrogen-bond acceptors (Lipinski definition) is 9. The number of carbonyl (C=O) groups is 2. The lowest BCUT2D eigenvalue weighted by molar-refractivity contribution is -0.161. The van der Waals surface area contributed by atoms with Crippen molar-refractivity contribution in [2.24, 2.45) is 0 Å². The minimum Gasteiger partial charge on any atom is -0.462 e. The van der Waals surface area contributed by atoms with Crippen molar-refractivity contribution in [3.05, 3.63) is 36.5 Å². The van der Waals surface area contributed by atoms with E-state index < -0.39 is 51.8 Å². The predicted octanol–water partition coefficient (Wildman–Crippen LogP) is 10.8. The van der Waals surface area contributed by atoms with Gasteiger partial charge in [0.05, 0.1) is 19.8 Å². The molecule has 0 fully saturated rings. The molecule has 0 aliphatic carbocycles. The van der Waals surface area contributed by atoms with Crippen LogP contribution < -0.4 is 0 Å². The zero-order chi connectivity index (χ0) is 39.1. The van der Waals surface area contributed by atoms with E-state index in [0.717, 1.165) is 57.8 Å². The van der Waals surface area contributed by atoms with E-state index >= 15 is 0 Å². The summed E-state index contributed by atoms with van der Waals surface area (Å²) in [6, 6.07) is 0. The van der Waals surface area contributed by atoms with Crippen LogP contribution in [0.15, 0.2) is 36.5 Å². The number of aliphatic hydroxyl groups excluding tert-OH is 2. The highest BCUT2D eigenvalue weighted by Gasteiger charge is 2.27. The van der Waals surface area contributed by atoms with Gasteiger partial charge in [-0.3, -0.25) is 18.6 Å². The number of esters is 2. The SMILES string of the molecule is CCCCC/C=C/C/C=C/CCCCCCCC(=O)OC[C@H](COP(=O)(O)OC[C@@H](O)CO)OC(=O)CC/C=C/CCCCCCCCCCCCC. The van der Waals surface area contributed by atoms with Gasteiger partial charge in [-0.15, -0.1) is 0 Å². The Morgan fingerprint density at radius 3 is 1.58 bits per heavy atom. The average Bonchev–Trinajstić information content (AvgIpc) is 3.14. The maximum atomic E-state index is 12.6. The number of aliphatic hydroxyl groups is 2. The highest BCUT2D eigenvalue weighted by atomic mass is 31.2. The monoisotopic (exact) mass is 773 g/mol. The van der Waals surface area contributed by atoms with Crippen LogP contribution in [-0.2, 0) is 32.7 Å². The first kappa shape index (κ1) is 51.2. The summed E-state index contributed by atoms with van der Waals surface area (Å²) in [7, 11) is -4.63. The molecule has 1 unspecified atom stereocenters. The molecule has 10 nitrogen and oxygen atoms in total. The van der Waals surface area contributed by atoms with Crippen molar-refractivity contribution in [1.82, 2.24) is 0 Å². The van der Waals surface area contributed by atoms with E-state index in [1.165, 1.54) is 83.5 Å². The fourth-order valence-electron chi connectivity index (χ4n) is 5.51. The lowest BCUT2D eigenvalue weighted by Gasteiger charge is -2.20. The second-order valence-electron chi connectivity index (χ2n) is 14.0. The molecule has 11 heteroatoms. The van der Waals surface area contributed by atoms with Crippen LogP contribution in [-0.4, -0.2) is 65.7 Å². The van der Waals surface area contributed by atoms with E-state index in [2.05, 4.69) is 48.8 Å². The normalized spacial score (nSPS) is 14.3. The fraction of sp³-hybridized carbons (Fsp3) is 0.810. The lowest BCUT2D eigenvalue weighted by Crippen LogP contribution is -2.29. The summed E-state index contributed by atoms with van der Waals surface area (Å²) in [6.45, 7) is 2.29. The molecule has 0 aliphatic heterocycles. The van der Waals surface area contributed by atoms with Crippen molar-refractivity contribution in [2.75, 3.05) is 26.4 Å². The molecule has 0 aliphatic rings. The summed E-state index contributed by atoms with van der Waals surface area (Å²) in [5.74, 6) is -0.997. The van der Waals surface area contributed by atoms with Gasteiger partial charge in [-0.25, -0.2) is 4.57 Å². The highest BCUT2D eigenvalue weighted by molar-refractivity contribution is 7.47. The van der Waals surface area contributed by atoms with Crippen molar-refractivity contribution in [3.63, 3.8) is 0 Å². The van der Waals surface area contributed by atoms with E-state index in [-0.39, 0.29) is 19.4 Å². The van der Waals surface area contributed by atoms with E-state index in [4.69, 9.17) is 19.1 Å². The number of hydrogen-bond donors (Lipinski definition) is 3. The molecule has 0 aromatic heterocycles. The highest BCUT2D eigenvalue weighted by Crippen LogP contribution is 2.43. The smallest absolute Gasteiger partial charge is 0.462 e. The molecular formula is C42H77O10P. The summed E-state index contributed by atoms with van der Waals surface area (Å²) >= 11 is 0. The number of ether oxygens (including phenoxy) is 2. The Bertz CT molecular complexity index is 983. The molecule has 0 amide bonds. The summed E-state index contributed by atoms with van der Waals surface area (Å²) in [4.78, 5) is 34.9. The molecule has 0 saturated heterocycles. The summed E-state index contributed by atoms with van der Waals surface area (Å²) in [5, 5.41) is 18.3. The van der Waals surface area contributed by atoms with E-state index in [1.807, 2.05) is 6.08 Å². The Balaban J connectivity index is 4.38. The number of phosphoric acid groups is 1. The van der Waals surface area contributed by atoms with Crippen molar-refractivity contribution >= 4 is 19.8 Å². The van der Waals surface area contributed by atoms with Gasteiger partial charge in [-0.05, 0) is 57.8 Å². The summed E-state index contributed by atoms with van der Waals surface area (Å²) in [6.07, 6.45) is 38.4.